The molecule has 2 aromatic rings. The Balaban J connectivity index is 2.47. The third-order valence-electron chi connectivity index (χ3n) is 2.20. The van der Waals surface area contributed by atoms with Gasteiger partial charge < -0.3 is 4.90 Å². The summed E-state index contributed by atoms with van der Waals surface area (Å²) in [6, 6.07) is 5.67. The summed E-state index contributed by atoms with van der Waals surface area (Å²) < 4.78 is 2.16. The highest BCUT2D eigenvalue weighted by Gasteiger charge is 2.10. The van der Waals surface area contributed by atoms with Crippen molar-refractivity contribution in [3.8, 4) is 0 Å². The number of fused-ring (bicyclic) bond motifs is 1. The maximum Gasteiger partial charge on any atom is 0.253 e. The normalized spacial score (nSPS) is 10.7. The summed E-state index contributed by atoms with van der Waals surface area (Å²) in [6.07, 6.45) is 2.00. The molecule has 2 rings (SSSR count). The highest BCUT2D eigenvalue weighted by Crippen LogP contribution is 2.28. The van der Waals surface area contributed by atoms with Crippen LogP contribution in [0.2, 0.25) is 0 Å². The molecule has 5 heteroatoms. The van der Waals surface area contributed by atoms with E-state index >= 15 is 0 Å². The lowest BCUT2D eigenvalue weighted by molar-refractivity contribution is 0.0828. The average molecular weight is 252 g/mol. The topological polar surface area (TPSA) is 33.2 Å². The highest BCUT2D eigenvalue weighted by atomic mass is 32.2. The summed E-state index contributed by atoms with van der Waals surface area (Å²) in [5.41, 5.74) is 1.59. The van der Waals surface area contributed by atoms with E-state index in [0.29, 0.717) is 5.56 Å². The van der Waals surface area contributed by atoms with Gasteiger partial charge in [0.1, 0.15) is 0 Å². The Kier molecular flexibility index (Phi) is 3.16. The molecule has 16 heavy (non-hydrogen) atoms. The summed E-state index contributed by atoms with van der Waals surface area (Å²) in [5.74, 6) is 0.0144. The zero-order valence-corrected chi connectivity index (χ0v) is 11.0. The maximum atomic E-state index is 11.8. The van der Waals surface area contributed by atoms with Gasteiger partial charge in [0.05, 0.1) is 10.2 Å². The van der Waals surface area contributed by atoms with Crippen molar-refractivity contribution >= 4 is 39.2 Å². The molecular formula is C11H12N2OS2. The quantitative estimate of drug-likeness (QED) is 0.771. The Morgan fingerprint density at radius 2 is 2.19 bits per heavy atom. The molecule has 0 aliphatic rings. The summed E-state index contributed by atoms with van der Waals surface area (Å²) in [4.78, 5) is 17.8. The molecule has 0 aliphatic heterocycles. The number of thiazole rings is 1. The molecule has 0 bridgehead atoms. The minimum atomic E-state index is 0.0144. The van der Waals surface area contributed by atoms with E-state index in [2.05, 4.69) is 4.98 Å². The molecule has 0 N–H and O–H groups in total. The van der Waals surface area contributed by atoms with Gasteiger partial charge in [-0.1, -0.05) is 11.8 Å². The summed E-state index contributed by atoms with van der Waals surface area (Å²) in [6.45, 7) is 0. The number of amides is 1. The zero-order chi connectivity index (χ0) is 11.7. The molecule has 0 spiro atoms. The molecule has 1 amide bonds. The second kappa shape index (κ2) is 4.43. The van der Waals surface area contributed by atoms with Gasteiger partial charge in [0.25, 0.3) is 5.91 Å². The van der Waals surface area contributed by atoms with Crippen LogP contribution in [0.3, 0.4) is 0 Å². The molecule has 0 unspecified atom stereocenters. The zero-order valence-electron chi connectivity index (χ0n) is 9.35. The fourth-order valence-electron chi connectivity index (χ4n) is 1.38. The number of aromatic nitrogens is 1. The smallest absolute Gasteiger partial charge is 0.253 e. The van der Waals surface area contributed by atoms with Crippen molar-refractivity contribution < 1.29 is 4.79 Å². The van der Waals surface area contributed by atoms with E-state index in [4.69, 9.17) is 0 Å². The predicted molar refractivity (Wildman–Crippen MR) is 69.4 cm³/mol. The molecule has 1 heterocycles. The number of carbonyl (C=O) groups is 1. The van der Waals surface area contributed by atoms with Crippen LogP contribution in [-0.4, -0.2) is 36.1 Å². The number of nitrogens with zero attached hydrogens (tertiary/aromatic N) is 2. The molecule has 84 valence electrons. The summed E-state index contributed by atoms with van der Waals surface area (Å²) in [5, 5.41) is 0. The molecule has 0 saturated carbocycles. The molecule has 3 nitrogen and oxygen atoms in total. The monoisotopic (exact) mass is 252 g/mol. The first-order chi connectivity index (χ1) is 7.61. The van der Waals surface area contributed by atoms with Crippen molar-refractivity contribution in [2.45, 2.75) is 4.34 Å². The van der Waals surface area contributed by atoms with Gasteiger partial charge in [-0.05, 0) is 24.5 Å². The Labute approximate surface area is 102 Å². The third kappa shape index (κ3) is 2.05. The first-order valence-electron chi connectivity index (χ1n) is 4.78. The molecule has 0 atom stereocenters. The highest BCUT2D eigenvalue weighted by molar-refractivity contribution is 8.00. The largest absolute Gasteiger partial charge is 0.345 e. The molecule has 1 aromatic carbocycles. The van der Waals surface area contributed by atoms with Crippen molar-refractivity contribution in [2.75, 3.05) is 20.4 Å². The fourth-order valence-corrected chi connectivity index (χ4v) is 2.85. The van der Waals surface area contributed by atoms with Gasteiger partial charge in [-0.25, -0.2) is 4.98 Å². The van der Waals surface area contributed by atoms with Gasteiger partial charge in [-0.2, -0.15) is 0 Å². The predicted octanol–water partition coefficient (Wildman–Crippen LogP) is 2.72. The lowest BCUT2D eigenvalue weighted by atomic mass is 10.2. The second-order valence-corrected chi connectivity index (χ2v) is 5.65. The molecular weight excluding hydrogens is 240 g/mol. The van der Waals surface area contributed by atoms with Crippen molar-refractivity contribution in [2.24, 2.45) is 0 Å². The number of hydrogen-bond donors (Lipinski definition) is 0. The van der Waals surface area contributed by atoms with E-state index in [-0.39, 0.29) is 5.91 Å². The molecule has 0 fully saturated rings. The fraction of sp³-hybridized carbons (Fsp3) is 0.273. The van der Waals surface area contributed by atoms with Crippen molar-refractivity contribution in [1.82, 2.24) is 9.88 Å². The van der Waals surface area contributed by atoms with E-state index in [1.807, 2.05) is 24.5 Å². The van der Waals surface area contributed by atoms with E-state index in [0.717, 1.165) is 14.6 Å². The maximum absolute atomic E-state index is 11.8. The van der Waals surface area contributed by atoms with Crippen LogP contribution in [0.1, 0.15) is 10.4 Å². The average Bonchev–Trinajstić information content (AvgIpc) is 2.69. The van der Waals surface area contributed by atoms with E-state index in [1.165, 1.54) is 0 Å². The number of hydrogen-bond acceptors (Lipinski definition) is 4. The van der Waals surface area contributed by atoms with Crippen LogP contribution in [0.5, 0.6) is 0 Å². The molecule has 0 saturated heterocycles. The number of benzene rings is 1. The van der Waals surface area contributed by atoms with E-state index in [9.17, 15) is 4.79 Å². The van der Waals surface area contributed by atoms with Gasteiger partial charge >= 0.3 is 0 Å². The van der Waals surface area contributed by atoms with Crippen LogP contribution in [-0.2, 0) is 0 Å². The Hall–Kier alpha value is -1.07. The van der Waals surface area contributed by atoms with Crippen LogP contribution in [0, 0.1) is 0 Å². The summed E-state index contributed by atoms with van der Waals surface area (Å²) >= 11 is 3.28. The van der Waals surface area contributed by atoms with Crippen molar-refractivity contribution in [1.29, 1.82) is 0 Å². The standard InChI is InChI=1S/C11H12N2OS2/c1-13(2)10(14)7-4-5-9-8(6-7)12-11(15-3)16-9/h4-6H,1-3H3. The second-order valence-electron chi connectivity index (χ2n) is 3.57. The van der Waals surface area contributed by atoms with Crippen LogP contribution in [0.4, 0.5) is 0 Å². The Bertz CT molecular complexity index is 534. The number of carbonyl (C=O) groups excluding carboxylic acids is 1. The summed E-state index contributed by atoms with van der Waals surface area (Å²) in [7, 11) is 3.50. The number of thioether (sulfide) groups is 1. The van der Waals surface area contributed by atoms with Gasteiger partial charge in [0.15, 0.2) is 4.34 Å². The van der Waals surface area contributed by atoms with E-state index < -0.39 is 0 Å². The molecule has 0 radical (unpaired) electrons. The lowest BCUT2D eigenvalue weighted by Gasteiger charge is -2.09. The number of rotatable bonds is 2. The van der Waals surface area contributed by atoms with Crippen LogP contribution in [0.15, 0.2) is 22.5 Å². The van der Waals surface area contributed by atoms with Crippen LogP contribution < -0.4 is 0 Å². The van der Waals surface area contributed by atoms with Gasteiger partial charge in [0, 0.05) is 19.7 Å². The van der Waals surface area contributed by atoms with Gasteiger partial charge in [-0.15, -0.1) is 11.3 Å². The third-order valence-corrected chi connectivity index (χ3v) is 4.22. The van der Waals surface area contributed by atoms with Gasteiger partial charge in [-0.3, -0.25) is 4.79 Å². The molecule has 0 aliphatic carbocycles. The van der Waals surface area contributed by atoms with E-state index in [1.54, 1.807) is 42.1 Å². The van der Waals surface area contributed by atoms with Crippen LogP contribution in [0.25, 0.3) is 10.2 Å². The minimum Gasteiger partial charge on any atom is -0.345 e. The Morgan fingerprint density at radius 3 is 2.81 bits per heavy atom. The first-order valence-corrected chi connectivity index (χ1v) is 6.82. The minimum absolute atomic E-state index is 0.0144. The lowest BCUT2D eigenvalue weighted by Crippen LogP contribution is -2.21. The SMILES string of the molecule is CSc1nc2cc(C(=O)N(C)C)ccc2s1. The van der Waals surface area contributed by atoms with Gasteiger partial charge in [0.2, 0.25) is 0 Å². The van der Waals surface area contributed by atoms with Crippen molar-refractivity contribution in [3.63, 3.8) is 0 Å². The first kappa shape index (κ1) is 11.4. The Morgan fingerprint density at radius 1 is 1.44 bits per heavy atom. The van der Waals surface area contributed by atoms with Crippen molar-refractivity contribution in [3.05, 3.63) is 23.8 Å². The molecule has 1 aromatic heterocycles. The van der Waals surface area contributed by atoms with Crippen LogP contribution >= 0.6 is 23.1 Å².